The number of hydrogen-bond donors (Lipinski definition) is 0. The summed E-state index contributed by atoms with van der Waals surface area (Å²) in [7, 11) is 2.19. The minimum atomic E-state index is 0.470. The molecule has 20 heavy (non-hydrogen) atoms. The molecule has 0 aliphatic heterocycles. The third kappa shape index (κ3) is 12.2. The lowest BCUT2D eigenvalue weighted by Gasteiger charge is -2.17. The molecule has 4 heteroatoms. The third-order valence-electron chi connectivity index (χ3n) is 3.25. The van der Waals surface area contributed by atoms with Gasteiger partial charge in [0.05, 0.1) is 6.61 Å². The minimum Gasteiger partial charge on any atom is -0.306 e. The van der Waals surface area contributed by atoms with Gasteiger partial charge in [0.1, 0.15) is 0 Å². The summed E-state index contributed by atoms with van der Waals surface area (Å²) in [4.78, 5) is 18.5. The molecule has 0 aliphatic rings. The number of hydroxylamine groups is 2. The van der Waals surface area contributed by atoms with Crippen molar-refractivity contribution < 1.29 is 9.63 Å². The fraction of sp³-hybridized carbons (Fsp3) is 0.812. The maximum atomic E-state index is 10.8. The number of amides is 1. The van der Waals surface area contributed by atoms with Crippen LogP contribution in [0, 0.1) is 0 Å². The topological polar surface area (TPSA) is 32.8 Å². The molecule has 0 saturated heterocycles. The van der Waals surface area contributed by atoms with Crippen molar-refractivity contribution in [2.45, 2.75) is 52.4 Å². The number of nitrogens with zero attached hydrogens (tertiary/aromatic N) is 2. The second kappa shape index (κ2) is 14.5. The van der Waals surface area contributed by atoms with Crippen molar-refractivity contribution in [3.05, 3.63) is 12.2 Å². The molecule has 0 saturated carbocycles. The minimum absolute atomic E-state index is 0.470. The highest BCUT2D eigenvalue weighted by atomic mass is 16.7. The summed E-state index contributed by atoms with van der Waals surface area (Å²) in [6.07, 6.45) is 11.7. The molecule has 0 spiro atoms. The van der Waals surface area contributed by atoms with Crippen LogP contribution >= 0.6 is 0 Å². The first-order valence-electron chi connectivity index (χ1n) is 7.89. The summed E-state index contributed by atoms with van der Waals surface area (Å²) in [5, 5.41) is 1.40. The lowest BCUT2D eigenvalue weighted by molar-refractivity contribution is -0.167. The van der Waals surface area contributed by atoms with Gasteiger partial charge in [-0.3, -0.25) is 9.63 Å². The maximum Gasteiger partial charge on any atom is 0.233 e. The predicted octanol–water partition coefficient (Wildman–Crippen LogP) is 3.24. The molecule has 0 rings (SSSR count). The SMILES string of the molecule is C/C=C\CON(C=O)CCCCCCN(C)CCCC. The van der Waals surface area contributed by atoms with E-state index >= 15 is 0 Å². The van der Waals surface area contributed by atoms with Gasteiger partial charge >= 0.3 is 0 Å². The van der Waals surface area contributed by atoms with Crippen LogP contribution in [0.3, 0.4) is 0 Å². The van der Waals surface area contributed by atoms with Gasteiger partial charge in [-0.2, -0.15) is 0 Å². The Hall–Kier alpha value is -0.870. The van der Waals surface area contributed by atoms with Gasteiger partial charge < -0.3 is 4.90 Å². The molecular weight excluding hydrogens is 252 g/mol. The molecule has 0 bridgehead atoms. The number of carbonyl (C=O) groups is 1. The Balaban J connectivity index is 3.43. The number of carbonyl (C=O) groups excluding carboxylic acids is 1. The third-order valence-corrected chi connectivity index (χ3v) is 3.25. The fourth-order valence-corrected chi connectivity index (χ4v) is 1.93. The molecule has 118 valence electrons. The van der Waals surface area contributed by atoms with E-state index in [-0.39, 0.29) is 0 Å². The molecule has 0 aromatic heterocycles. The maximum absolute atomic E-state index is 10.8. The van der Waals surface area contributed by atoms with Gasteiger partial charge in [0.2, 0.25) is 6.41 Å². The van der Waals surface area contributed by atoms with Gasteiger partial charge in [0.15, 0.2) is 0 Å². The van der Waals surface area contributed by atoms with Crippen molar-refractivity contribution in [1.29, 1.82) is 0 Å². The van der Waals surface area contributed by atoms with Crippen molar-refractivity contribution in [3.63, 3.8) is 0 Å². The highest BCUT2D eigenvalue weighted by Crippen LogP contribution is 2.03. The Bertz CT molecular complexity index is 245. The standard InChI is InChI=1S/C16H32N2O2/c1-4-6-12-17(3)13-10-8-9-11-14-18(16-19)20-15-7-5-2/h5,7,16H,4,6,8-15H2,1-3H3/b7-5-. The normalized spacial score (nSPS) is 11.4. The molecular formula is C16H32N2O2. The number of rotatable bonds is 14. The van der Waals surface area contributed by atoms with E-state index in [9.17, 15) is 4.79 Å². The second-order valence-corrected chi connectivity index (χ2v) is 5.18. The Morgan fingerprint density at radius 1 is 1.00 bits per heavy atom. The van der Waals surface area contributed by atoms with Gasteiger partial charge in [0.25, 0.3) is 0 Å². The zero-order chi connectivity index (χ0) is 15.1. The van der Waals surface area contributed by atoms with Gasteiger partial charge in [0, 0.05) is 6.54 Å². The van der Waals surface area contributed by atoms with Crippen molar-refractivity contribution in [3.8, 4) is 0 Å². The molecule has 4 nitrogen and oxygen atoms in total. The summed E-state index contributed by atoms with van der Waals surface area (Å²) >= 11 is 0. The van der Waals surface area contributed by atoms with Crippen molar-refractivity contribution in [2.24, 2.45) is 0 Å². The van der Waals surface area contributed by atoms with E-state index in [1.54, 1.807) is 0 Å². The summed E-state index contributed by atoms with van der Waals surface area (Å²) in [5.41, 5.74) is 0. The van der Waals surface area contributed by atoms with E-state index in [1.165, 1.54) is 43.8 Å². The zero-order valence-corrected chi connectivity index (χ0v) is 13.5. The van der Waals surface area contributed by atoms with E-state index in [4.69, 9.17) is 4.84 Å². The van der Waals surface area contributed by atoms with E-state index in [2.05, 4.69) is 18.9 Å². The molecule has 0 heterocycles. The van der Waals surface area contributed by atoms with Crippen LogP contribution in [0.4, 0.5) is 0 Å². The lowest BCUT2D eigenvalue weighted by Crippen LogP contribution is -2.24. The summed E-state index contributed by atoms with van der Waals surface area (Å²) < 4.78 is 0. The first kappa shape index (κ1) is 19.1. The highest BCUT2D eigenvalue weighted by Gasteiger charge is 2.01. The van der Waals surface area contributed by atoms with E-state index < -0.39 is 0 Å². The molecule has 0 unspecified atom stereocenters. The average Bonchev–Trinajstić information content (AvgIpc) is 2.46. The van der Waals surface area contributed by atoms with Crippen LogP contribution in [-0.2, 0) is 9.63 Å². The van der Waals surface area contributed by atoms with Crippen LogP contribution < -0.4 is 0 Å². The van der Waals surface area contributed by atoms with Gasteiger partial charge in [-0.05, 0) is 46.3 Å². The second-order valence-electron chi connectivity index (χ2n) is 5.18. The summed E-state index contributed by atoms with van der Waals surface area (Å²) in [6.45, 7) is 7.70. The molecule has 0 aliphatic carbocycles. The van der Waals surface area contributed by atoms with Crippen molar-refractivity contribution in [2.75, 3.05) is 33.3 Å². The summed E-state index contributed by atoms with van der Waals surface area (Å²) in [6, 6.07) is 0. The van der Waals surface area contributed by atoms with Crippen LogP contribution in [0.5, 0.6) is 0 Å². The first-order valence-corrected chi connectivity index (χ1v) is 7.89. The molecule has 0 aromatic carbocycles. The van der Waals surface area contributed by atoms with Gasteiger partial charge in [-0.25, -0.2) is 5.06 Å². The van der Waals surface area contributed by atoms with Crippen LogP contribution in [0.25, 0.3) is 0 Å². The van der Waals surface area contributed by atoms with Crippen LogP contribution in [0.1, 0.15) is 52.4 Å². The largest absolute Gasteiger partial charge is 0.306 e. The van der Waals surface area contributed by atoms with Gasteiger partial charge in [-0.15, -0.1) is 0 Å². The Morgan fingerprint density at radius 2 is 1.65 bits per heavy atom. The fourth-order valence-electron chi connectivity index (χ4n) is 1.93. The first-order chi connectivity index (χ1) is 9.74. The van der Waals surface area contributed by atoms with Gasteiger partial charge in [-0.1, -0.05) is 38.3 Å². The molecule has 0 fully saturated rings. The number of allylic oxidation sites excluding steroid dienone is 1. The predicted molar refractivity (Wildman–Crippen MR) is 84.4 cm³/mol. The Morgan fingerprint density at radius 3 is 2.25 bits per heavy atom. The molecule has 0 N–H and O–H groups in total. The van der Waals surface area contributed by atoms with E-state index in [1.807, 2.05) is 19.1 Å². The Labute approximate surface area is 124 Å². The van der Waals surface area contributed by atoms with Crippen LogP contribution in [0.15, 0.2) is 12.2 Å². The number of unbranched alkanes of at least 4 members (excludes halogenated alkanes) is 4. The molecule has 0 radical (unpaired) electrons. The van der Waals surface area contributed by atoms with Crippen molar-refractivity contribution >= 4 is 6.41 Å². The molecule has 0 atom stereocenters. The quantitative estimate of drug-likeness (QED) is 0.212. The molecule has 0 aromatic rings. The van der Waals surface area contributed by atoms with Crippen LogP contribution in [0.2, 0.25) is 0 Å². The lowest BCUT2D eigenvalue weighted by atomic mass is 10.2. The van der Waals surface area contributed by atoms with E-state index in [0.29, 0.717) is 13.2 Å². The smallest absolute Gasteiger partial charge is 0.233 e. The van der Waals surface area contributed by atoms with Crippen LogP contribution in [-0.4, -0.2) is 49.7 Å². The van der Waals surface area contributed by atoms with Crippen molar-refractivity contribution in [1.82, 2.24) is 9.96 Å². The highest BCUT2D eigenvalue weighted by molar-refractivity contribution is 5.44. The Kier molecular flexibility index (Phi) is 13.9. The zero-order valence-electron chi connectivity index (χ0n) is 13.5. The monoisotopic (exact) mass is 284 g/mol. The number of hydrogen-bond acceptors (Lipinski definition) is 3. The summed E-state index contributed by atoms with van der Waals surface area (Å²) in [5.74, 6) is 0. The van der Waals surface area contributed by atoms with E-state index in [0.717, 1.165) is 19.3 Å². The average molecular weight is 284 g/mol. The molecule has 1 amide bonds.